The Morgan fingerprint density at radius 2 is 2.14 bits per heavy atom. The molecule has 1 aliphatic heterocycles. The third-order valence-electron chi connectivity index (χ3n) is 4.65. The molecule has 1 amide bonds. The van der Waals surface area contributed by atoms with Crippen LogP contribution < -0.4 is 10.6 Å². The highest BCUT2D eigenvalue weighted by Crippen LogP contribution is 2.31. The monoisotopic (exact) mass is 312 g/mol. The van der Waals surface area contributed by atoms with Gasteiger partial charge in [0.2, 0.25) is 0 Å². The van der Waals surface area contributed by atoms with Crippen LogP contribution in [0.5, 0.6) is 0 Å². The molecule has 0 radical (unpaired) electrons. The second-order valence-corrected chi connectivity index (χ2v) is 7.22. The fraction of sp³-hybridized carbons (Fsp3) is 0.389. The first-order valence-corrected chi connectivity index (χ1v) is 8.88. The van der Waals surface area contributed by atoms with Gasteiger partial charge in [-0.05, 0) is 68.0 Å². The lowest BCUT2D eigenvalue weighted by molar-refractivity contribution is 0.103. The Kier molecular flexibility index (Phi) is 3.72. The molecule has 1 fully saturated rings. The minimum Gasteiger partial charge on any atom is -0.321 e. The van der Waals surface area contributed by atoms with Crippen LogP contribution in [0.25, 0.3) is 0 Å². The summed E-state index contributed by atoms with van der Waals surface area (Å²) in [6, 6.07) is 10.7. The molecule has 2 heterocycles. The second-order valence-electron chi connectivity index (χ2n) is 6.10. The number of rotatable bonds is 3. The van der Waals surface area contributed by atoms with Crippen LogP contribution in [0, 0.1) is 0 Å². The molecule has 1 aromatic carbocycles. The predicted molar refractivity (Wildman–Crippen MR) is 90.7 cm³/mol. The van der Waals surface area contributed by atoms with E-state index in [0.29, 0.717) is 6.04 Å². The molecule has 0 saturated carbocycles. The predicted octanol–water partition coefficient (Wildman–Crippen LogP) is 3.91. The van der Waals surface area contributed by atoms with Crippen molar-refractivity contribution in [3.05, 3.63) is 51.2 Å². The third-order valence-corrected chi connectivity index (χ3v) is 5.85. The summed E-state index contributed by atoms with van der Waals surface area (Å²) in [4.78, 5) is 14.6. The molecular weight excluding hydrogens is 292 g/mol. The van der Waals surface area contributed by atoms with E-state index in [9.17, 15) is 4.79 Å². The number of carbonyl (C=O) groups is 1. The molecule has 0 spiro atoms. The van der Waals surface area contributed by atoms with E-state index in [0.717, 1.165) is 30.0 Å². The van der Waals surface area contributed by atoms with Crippen LogP contribution in [0.2, 0.25) is 0 Å². The van der Waals surface area contributed by atoms with E-state index < -0.39 is 0 Å². The summed E-state index contributed by atoms with van der Waals surface area (Å²) in [6.07, 6.45) is 5.80. The number of nitrogens with one attached hydrogen (secondary N) is 2. The number of amides is 1. The zero-order valence-electron chi connectivity index (χ0n) is 12.5. The Morgan fingerprint density at radius 3 is 3.00 bits per heavy atom. The van der Waals surface area contributed by atoms with Gasteiger partial charge >= 0.3 is 0 Å². The van der Waals surface area contributed by atoms with Gasteiger partial charge in [-0.15, -0.1) is 11.3 Å². The van der Waals surface area contributed by atoms with Gasteiger partial charge in [0.1, 0.15) is 0 Å². The molecule has 0 unspecified atom stereocenters. The zero-order valence-corrected chi connectivity index (χ0v) is 13.3. The van der Waals surface area contributed by atoms with Gasteiger partial charge in [-0.2, -0.15) is 0 Å². The van der Waals surface area contributed by atoms with Crippen molar-refractivity contribution >= 4 is 22.9 Å². The van der Waals surface area contributed by atoms with Crippen LogP contribution in [-0.4, -0.2) is 12.5 Å². The molecule has 2 aliphatic rings. The smallest absolute Gasteiger partial charge is 0.265 e. The van der Waals surface area contributed by atoms with Gasteiger partial charge in [-0.25, -0.2) is 0 Å². The number of thiophene rings is 1. The Bertz CT molecular complexity index is 701. The summed E-state index contributed by atoms with van der Waals surface area (Å²) in [6.45, 7) is 1.08. The maximum atomic E-state index is 12.5. The lowest BCUT2D eigenvalue weighted by Gasteiger charge is -2.09. The normalized spacial score (nSPS) is 20.1. The Hall–Kier alpha value is -1.65. The fourth-order valence-electron chi connectivity index (χ4n) is 3.51. The average Bonchev–Trinajstić information content (AvgIpc) is 3.27. The van der Waals surface area contributed by atoms with E-state index in [1.807, 2.05) is 18.2 Å². The first-order valence-electron chi connectivity index (χ1n) is 8.06. The van der Waals surface area contributed by atoms with E-state index in [-0.39, 0.29) is 5.91 Å². The highest BCUT2D eigenvalue weighted by Gasteiger charge is 2.21. The van der Waals surface area contributed by atoms with E-state index in [1.165, 1.54) is 35.3 Å². The summed E-state index contributed by atoms with van der Waals surface area (Å²) in [5.41, 5.74) is 3.71. The lowest BCUT2D eigenvalue weighted by Crippen LogP contribution is -2.12. The lowest BCUT2D eigenvalue weighted by atomic mass is 10.1. The Morgan fingerprint density at radius 1 is 1.18 bits per heavy atom. The highest BCUT2D eigenvalue weighted by molar-refractivity contribution is 7.14. The van der Waals surface area contributed by atoms with Gasteiger partial charge in [0.25, 0.3) is 5.91 Å². The summed E-state index contributed by atoms with van der Waals surface area (Å²) >= 11 is 1.62. The first kappa shape index (κ1) is 14.0. The summed E-state index contributed by atoms with van der Waals surface area (Å²) in [5.74, 6) is 0.0227. The molecular formula is C18H20N2OS. The van der Waals surface area contributed by atoms with Gasteiger partial charge in [0.05, 0.1) is 4.88 Å². The van der Waals surface area contributed by atoms with Crippen molar-refractivity contribution in [2.24, 2.45) is 0 Å². The summed E-state index contributed by atoms with van der Waals surface area (Å²) < 4.78 is 0. The molecule has 1 atom stereocenters. The highest BCUT2D eigenvalue weighted by atomic mass is 32.1. The molecule has 4 rings (SSSR count). The molecule has 2 N–H and O–H groups in total. The van der Waals surface area contributed by atoms with Gasteiger partial charge in [-0.1, -0.05) is 12.1 Å². The van der Waals surface area contributed by atoms with E-state index in [1.54, 1.807) is 11.3 Å². The number of fused-ring (bicyclic) bond motifs is 1. The Labute approximate surface area is 134 Å². The van der Waals surface area contributed by atoms with Gasteiger partial charge in [0, 0.05) is 16.6 Å². The number of hydrogen-bond donors (Lipinski definition) is 2. The van der Waals surface area contributed by atoms with Crippen molar-refractivity contribution in [3.8, 4) is 0 Å². The fourth-order valence-corrected chi connectivity index (χ4v) is 4.52. The molecule has 1 saturated heterocycles. The molecule has 3 nitrogen and oxygen atoms in total. The van der Waals surface area contributed by atoms with E-state index in [4.69, 9.17) is 0 Å². The maximum absolute atomic E-state index is 12.5. The molecule has 1 aromatic heterocycles. The topological polar surface area (TPSA) is 41.1 Å². The third kappa shape index (κ3) is 2.57. The average molecular weight is 312 g/mol. The summed E-state index contributed by atoms with van der Waals surface area (Å²) in [7, 11) is 0. The van der Waals surface area contributed by atoms with Crippen LogP contribution in [0.4, 0.5) is 5.69 Å². The first-order chi connectivity index (χ1) is 10.8. The standard InChI is InChI=1S/C18H20N2OS/c21-18(17-10-9-16(22-17)15-8-3-11-19-15)20-14-7-2-5-12-4-1-6-13(12)14/h2,5,7,9-10,15,19H,1,3-4,6,8,11H2,(H,20,21)/t15-/m0/s1. The van der Waals surface area contributed by atoms with Gasteiger partial charge < -0.3 is 10.6 Å². The Balaban J connectivity index is 1.52. The minimum atomic E-state index is 0.0227. The van der Waals surface area contributed by atoms with Crippen molar-refractivity contribution < 1.29 is 4.79 Å². The molecule has 0 bridgehead atoms. The SMILES string of the molecule is O=C(Nc1cccc2c1CCC2)c1ccc([C@@H]2CCCN2)s1. The van der Waals surface area contributed by atoms with Crippen molar-refractivity contribution in [2.45, 2.75) is 38.1 Å². The largest absolute Gasteiger partial charge is 0.321 e. The van der Waals surface area contributed by atoms with Crippen molar-refractivity contribution in [1.29, 1.82) is 0 Å². The van der Waals surface area contributed by atoms with Gasteiger partial charge in [-0.3, -0.25) is 4.79 Å². The molecule has 4 heteroatoms. The number of hydrogen-bond acceptors (Lipinski definition) is 3. The van der Waals surface area contributed by atoms with Crippen LogP contribution >= 0.6 is 11.3 Å². The number of carbonyl (C=O) groups excluding carboxylic acids is 1. The van der Waals surface area contributed by atoms with Crippen LogP contribution in [0.3, 0.4) is 0 Å². The maximum Gasteiger partial charge on any atom is 0.265 e. The zero-order chi connectivity index (χ0) is 14.9. The van der Waals surface area contributed by atoms with Crippen molar-refractivity contribution in [3.63, 3.8) is 0 Å². The number of benzene rings is 1. The second kappa shape index (κ2) is 5.86. The number of anilines is 1. The van der Waals surface area contributed by atoms with Crippen LogP contribution in [0.1, 0.15) is 51.0 Å². The van der Waals surface area contributed by atoms with Crippen molar-refractivity contribution in [2.75, 3.05) is 11.9 Å². The van der Waals surface area contributed by atoms with E-state index in [2.05, 4.69) is 22.8 Å². The minimum absolute atomic E-state index is 0.0227. The summed E-state index contributed by atoms with van der Waals surface area (Å²) in [5, 5.41) is 6.60. The van der Waals surface area contributed by atoms with Crippen LogP contribution in [-0.2, 0) is 12.8 Å². The molecule has 22 heavy (non-hydrogen) atoms. The van der Waals surface area contributed by atoms with Crippen molar-refractivity contribution in [1.82, 2.24) is 5.32 Å². The quantitative estimate of drug-likeness (QED) is 0.902. The van der Waals surface area contributed by atoms with E-state index >= 15 is 0 Å². The van der Waals surface area contributed by atoms with Crippen LogP contribution in [0.15, 0.2) is 30.3 Å². The number of aryl methyl sites for hydroxylation is 1. The van der Waals surface area contributed by atoms with Gasteiger partial charge in [0.15, 0.2) is 0 Å². The molecule has 1 aliphatic carbocycles. The molecule has 114 valence electrons. The molecule has 2 aromatic rings.